The fraction of sp³-hybridized carbons (Fsp3) is 0.632. The number of furan rings is 1. The molecule has 1 amide bonds. The SMILES string of the molecule is Cc1noc(C2CCN(C(=O)CCc3ccc([C@@H]4C[C@H]4C)o3)CC2)n1. The highest BCUT2D eigenvalue weighted by Gasteiger charge is 2.36. The van der Waals surface area contributed by atoms with Crippen molar-refractivity contribution < 1.29 is 13.7 Å². The number of piperidine rings is 1. The summed E-state index contributed by atoms with van der Waals surface area (Å²) in [6, 6.07) is 4.10. The first-order chi connectivity index (χ1) is 12.1. The minimum absolute atomic E-state index is 0.206. The normalized spacial score (nSPS) is 23.8. The lowest BCUT2D eigenvalue weighted by Gasteiger charge is -2.30. The second-order valence-corrected chi connectivity index (χ2v) is 7.46. The van der Waals surface area contributed by atoms with Gasteiger partial charge in [-0.2, -0.15) is 4.98 Å². The number of hydrogen-bond acceptors (Lipinski definition) is 5. The topological polar surface area (TPSA) is 72.4 Å². The van der Waals surface area contributed by atoms with Crippen LogP contribution in [0.15, 0.2) is 21.1 Å². The molecule has 2 aromatic heterocycles. The summed E-state index contributed by atoms with van der Waals surface area (Å²) in [4.78, 5) is 18.7. The van der Waals surface area contributed by atoms with Gasteiger partial charge in [-0.3, -0.25) is 4.79 Å². The third-order valence-electron chi connectivity index (χ3n) is 5.48. The Bertz CT molecular complexity index is 743. The predicted octanol–water partition coefficient (Wildman–Crippen LogP) is 3.43. The van der Waals surface area contributed by atoms with Crippen molar-refractivity contribution in [2.45, 2.75) is 57.8 Å². The molecule has 2 fully saturated rings. The number of aryl methyl sites for hydroxylation is 2. The highest BCUT2D eigenvalue weighted by Crippen LogP contribution is 2.47. The molecule has 6 heteroatoms. The van der Waals surface area contributed by atoms with Crippen LogP contribution in [-0.2, 0) is 11.2 Å². The zero-order valence-corrected chi connectivity index (χ0v) is 14.9. The molecule has 4 rings (SSSR count). The van der Waals surface area contributed by atoms with Crippen LogP contribution in [0.3, 0.4) is 0 Å². The monoisotopic (exact) mass is 343 g/mol. The summed E-state index contributed by atoms with van der Waals surface area (Å²) >= 11 is 0. The molecule has 6 nitrogen and oxygen atoms in total. The second kappa shape index (κ2) is 6.65. The maximum Gasteiger partial charge on any atom is 0.229 e. The van der Waals surface area contributed by atoms with Gasteiger partial charge in [0.05, 0.1) is 0 Å². The van der Waals surface area contributed by atoms with Crippen LogP contribution in [0.4, 0.5) is 0 Å². The Kier molecular flexibility index (Phi) is 4.36. The number of rotatable bonds is 5. The van der Waals surface area contributed by atoms with Crippen molar-refractivity contribution in [1.29, 1.82) is 0 Å². The Morgan fingerprint density at radius 2 is 2.08 bits per heavy atom. The van der Waals surface area contributed by atoms with Gasteiger partial charge in [0.25, 0.3) is 0 Å². The van der Waals surface area contributed by atoms with E-state index in [-0.39, 0.29) is 11.8 Å². The summed E-state index contributed by atoms with van der Waals surface area (Å²) in [5.41, 5.74) is 0. The van der Waals surface area contributed by atoms with Gasteiger partial charge < -0.3 is 13.8 Å². The van der Waals surface area contributed by atoms with E-state index in [1.807, 2.05) is 17.9 Å². The van der Waals surface area contributed by atoms with Crippen molar-refractivity contribution in [3.05, 3.63) is 35.4 Å². The first-order valence-electron chi connectivity index (χ1n) is 9.26. The van der Waals surface area contributed by atoms with Crippen LogP contribution in [0, 0.1) is 12.8 Å². The molecule has 0 aromatic carbocycles. The summed E-state index contributed by atoms with van der Waals surface area (Å²) in [5, 5.41) is 3.86. The zero-order chi connectivity index (χ0) is 17.4. The van der Waals surface area contributed by atoms with Gasteiger partial charge in [-0.1, -0.05) is 12.1 Å². The number of aromatic nitrogens is 2. The number of likely N-dealkylation sites (tertiary alicyclic amines) is 1. The van der Waals surface area contributed by atoms with Crippen LogP contribution in [0.25, 0.3) is 0 Å². The van der Waals surface area contributed by atoms with E-state index in [2.05, 4.69) is 23.1 Å². The third-order valence-corrected chi connectivity index (χ3v) is 5.48. The van der Waals surface area contributed by atoms with E-state index in [1.165, 1.54) is 6.42 Å². The van der Waals surface area contributed by atoms with Crippen LogP contribution >= 0.6 is 0 Å². The molecule has 1 saturated carbocycles. The molecule has 2 aliphatic rings. The highest BCUT2D eigenvalue weighted by atomic mass is 16.5. The second-order valence-electron chi connectivity index (χ2n) is 7.46. The lowest BCUT2D eigenvalue weighted by atomic mass is 9.96. The minimum atomic E-state index is 0.206. The van der Waals surface area contributed by atoms with Crippen molar-refractivity contribution in [3.8, 4) is 0 Å². The molecule has 25 heavy (non-hydrogen) atoms. The molecule has 0 N–H and O–H groups in total. The summed E-state index contributed by atoms with van der Waals surface area (Å²) in [7, 11) is 0. The van der Waals surface area contributed by atoms with Gasteiger partial charge in [0.2, 0.25) is 11.8 Å². The van der Waals surface area contributed by atoms with Gasteiger partial charge >= 0.3 is 0 Å². The molecule has 1 aliphatic heterocycles. The quantitative estimate of drug-likeness (QED) is 0.831. The summed E-state index contributed by atoms with van der Waals surface area (Å²) in [5.74, 6) is 5.22. The van der Waals surface area contributed by atoms with E-state index in [1.54, 1.807) is 0 Å². The first-order valence-corrected chi connectivity index (χ1v) is 9.26. The molecular formula is C19H25N3O3. The number of carbonyl (C=O) groups is 1. The molecule has 3 heterocycles. The minimum Gasteiger partial charge on any atom is -0.466 e. The van der Waals surface area contributed by atoms with Gasteiger partial charge in [0.15, 0.2) is 5.82 Å². The van der Waals surface area contributed by atoms with Gasteiger partial charge in [0.1, 0.15) is 11.5 Å². The van der Waals surface area contributed by atoms with Gasteiger partial charge in [-0.05, 0) is 44.2 Å². The molecule has 0 radical (unpaired) electrons. The van der Waals surface area contributed by atoms with Crippen LogP contribution in [0.1, 0.15) is 67.7 Å². The third kappa shape index (κ3) is 3.62. The zero-order valence-electron chi connectivity index (χ0n) is 14.9. The van der Waals surface area contributed by atoms with Crippen LogP contribution in [-0.4, -0.2) is 34.0 Å². The molecule has 1 saturated heterocycles. The smallest absolute Gasteiger partial charge is 0.229 e. The van der Waals surface area contributed by atoms with E-state index < -0.39 is 0 Å². The van der Waals surface area contributed by atoms with Crippen molar-refractivity contribution in [2.75, 3.05) is 13.1 Å². The Morgan fingerprint density at radius 1 is 1.32 bits per heavy atom. The number of amides is 1. The van der Waals surface area contributed by atoms with Gasteiger partial charge in [-0.15, -0.1) is 0 Å². The van der Waals surface area contributed by atoms with Crippen LogP contribution in [0.2, 0.25) is 0 Å². The van der Waals surface area contributed by atoms with Crippen LogP contribution < -0.4 is 0 Å². The molecule has 1 aliphatic carbocycles. The molecule has 2 atom stereocenters. The maximum absolute atomic E-state index is 12.5. The molecule has 0 bridgehead atoms. The fourth-order valence-corrected chi connectivity index (χ4v) is 3.69. The Balaban J connectivity index is 1.24. The maximum atomic E-state index is 12.5. The van der Waals surface area contributed by atoms with Crippen molar-refractivity contribution in [3.63, 3.8) is 0 Å². The molecule has 2 aromatic rings. The van der Waals surface area contributed by atoms with Crippen LogP contribution in [0.5, 0.6) is 0 Å². The molecule has 0 unspecified atom stereocenters. The average molecular weight is 343 g/mol. The Hall–Kier alpha value is -2.11. The Labute approximate surface area is 147 Å². The average Bonchev–Trinajstić information content (AvgIpc) is 3.02. The molecule has 134 valence electrons. The van der Waals surface area contributed by atoms with Gasteiger partial charge in [-0.25, -0.2) is 0 Å². The van der Waals surface area contributed by atoms with E-state index in [4.69, 9.17) is 8.94 Å². The van der Waals surface area contributed by atoms with E-state index >= 15 is 0 Å². The number of carbonyl (C=O) groups excluding carboxylic acids is 1. The highest BCUT2D eigenvalue weighted by molar-refractivity contribution is 5.76. The Morgan fingerprint density at radius 3 is 2.72 bits per heavy atom. The van der Waals surface area contributed by atoms with Crippen molar-refractivity contribution in [2.24, 2.45) is 5.92 Å². The predicted molar refractivity (Wildman–Crippen MR) is 91.1 cm³/mol. The lowest BCUT2D eigenvalue weighted by Crippen LogP contribution is -2.38. The number of hydrogen-bond donors (Lipinski definition) is 0. The van der Waals surface area contributed by atoms with E-state index in [0.29, 0.717) is 30.5 Å². The number of nitrogens with zero attached hydrogens (tertiary/aromatic N) is 3. The summed E-state index contributed by atoms with van der Waals surface area (Å²) in [6.45, 7) is 5.59. The van der Waals surface area contributed by atoms with E-state index in [0.717, 1.165) is 43.4 Å². The van der Waals surface area contributed by atoms with Gasteiger partial charge in [0, 0.05) is 37.8 Å². The first kappa shape index (κ1) is 16.4. The summed E-state index contributed by atoms with van der Waals surface area (Å²) in [6.07, 6.45) is 4.19. The fourth-order valence-electron chi connectivity index (χ4n) is 3.69. The lowest BCUT2D eigenvalue weighted by molar-refractivity contribution is -0.132. The van der Waals surface area contributed by atoms with E-state index in [9.17, 15) is 4.79 Å². The largest absolute Gasteiger partial charge is 0.466 e. The standard InChI is InChI=1S/C19H25N3O3/c1-12-11-16(12)17-5-3-15(24-17)4-6-18(23)22-9-7-14(8-10-22)19-20-13(2)21-25-19/h3,5,12,14,16H,4,6-11H2,1-2H3/t12-,16-/m1/s1. The summed E-state index contributed by atoms with van der Waals surface area (Å²) < 4.78 is 11.2. The van der Waals surface area contributed by atoms with Crippen molar-refractivity contribution >= 4 is 5.91 Å². The van der Waals surface area contributed by atoms with Crippen molar-refractivity contribution in [1.82, 2.24) is 15.0 Å². The molecule has 0 spiro atoms. The molecular weight excluding hydrogens is 318 g/mol.